The van der Waals surface area contributed by atoms with E-state index in [9.17, 15) is 8.42 Å². The fraction of sp³-hybridized carbons (Fsp3) is 0.714. The lowest BCUT2D eigenvalue weighted by molar-refractivity contribution is 0.456. The lowest BCUT2D eigenvalue weighted by Gasteiger charge is -2.15. The Labute approximate surface area is 127 Å². The first-order chi connectivity index (χ1) is 9.37. The Morgan fingerprint density at radius 1 is 1.30 bits per heavy atom. The van der Waals surface area contributed by atoms with Crippen molar-refractivity contribution >= 4 is 21.4 Å². The van der Waals surface area contributed by atoms with Crippen LogP contribution < -0.4 is 5.32 Å². The Kier molecular flexibility index (Phi) is 7.15. The van der Waals surface area contributed by atoms with Crippen molar-refractivity contribution in [3.8, 4) is 0 Å². The zero-order valence-electron chi connectivity index (χ0n) is 12.8. The molecule has 0 aromatic carbocycles. The number of nitrogens with zero attached hydrogens (tertiary/aromatic N) is 1. The minimum absolute atomic E-state index is 0.397. The highest BCUT2D eigenvalue weighted by atomic mass is 32.2. The van der Waals surface area contributed by atoms with Gasteiger partial charge in [0, 0.05) is 31.1 Å². The highest BCUT2D eigenvalue weighted by Gasteiger charge is 2.22. The topological polar surface area (TPSA) is 49.4 Å². The molecule has 1 N–H and O–H groups in total. The van der Waals surface area contributed by atoms with E-state index < -0.39 is 10.0 Å². The van der Waals surface area contributed by atoms with E-state index in [2.05, 4.69) is 26.1 Å². The standard InChI is InChI=1S/C14H26N2O2S2/c1-5-6-7-10-16(4)20(17,18)14-9-8-13(19-14)11-15-12(2)3/h8-9,12,15H,5-7,10-11H2,1-4H3. The molecule has 0 aliphatic carbocycles. The van der Waals surface area contributed by atoms with Gasteiger partial charge in [-0.05, 0) is 18.6 Å². The quantitative estimate of drug-likeness (QED) is 0.712. The summed E-state index contributed by atoms with van der Waals surface area (Å²) in [6, 6.07) is 4.01. The van der Waals surface area contributed by atoms with E-state index in [1.165, 1.54) is 15.6 Å². The highest BCUT2D eigenvalue weighted by Crippen LogP contribution is 2.24. The third-order valence-electron chi connectivity index (χ3n) is 3.06. The van der Waals surface area contributed by atoms with Crippen LogP contribution >= 0.6 is 11.3 Å². The first-order valence-corrected chi connectivity index (χ1v) is 9.42. The first kappa shape index (κ1) is 17.6. The maximum absolute atomic E-state index is 12.4. The zero-order chi connectivity index (χ0) is 15.2. The van der Waals surface area contributed by atoms with Crippen molar-refractivity contribution in [3.63, 3.8) is 0 Å². The number of nitrogens with one attached hydrogen (secondary N) is 1. The summed E-state index contributed by atoms with van der Waals surface area (Å²) in [6.45, 7) is 7.58. The molecule has 0 saturated carbocycles. The number of sulfonamides is 1. The lowest BCUT2D eigenvalue weighted by atomic mass is 10.2. The largest absolute Gasteiger partial charge is 0.310 e. The highest BCUT2D eigenvalue weighted by molar-refractivity contribution is 7.91. The molecule has 0 amide bonds. The monoisotopic (exact) mass is 318 g/mol. The molecule has 1 rings (SSSR count). The van der Waals surface area contributed by atoms with Gasteiger partial charge >= 0.3 is 0 Å². The molecule has 1 aromatic rings. The molecular formula is C14H26N2O2S2. The smallest absolute Gasteiger partial charge is 0.252 e. The number of hydrogen-bond acceptors (Lipinski definition) is 4. The fourth-order valence-electron chi connectivity index (χ4n) is 1.75. The van der Waals surface area contributed by atoms with E-state index >= 15 is 0 Å². The van der Waals surface area contributed by atoms with E-state index in [-0.39, 0.29) is 0 Å². The van der Waals surface area contributed by atoms with Gasteiger partial charge < -0.3 is 5.32 Å². The van der Waals surface area contributed by atoms with E-state index in [0.29, 0.717) is 16.8 Å². The molecule has 20 heavy (non-hydrogen) atoms. The molecule has 4 nitrogen and oxygen atoms in total. The molecule has 6 heteroatoms. The van der Waals surface area contributed by atoms with Crippen LogP contribution in [0.5, 0.6) is 0 Å². The average Bonchev–Trinajstić information content (AvgIpc) is 2.86. The summed E-state index contributed by atoms with van der Waals surface area (Å²) in [4.78, 5) is 1.05. The third kappa shape index (κ3) is 5.16. The van der Waals surface area contributed by atoms with Crippen molar-refractivity contribution in [2.75, 3.05) is 13.6 Å². The molecule has 0 aliphatic heterocycles. The van der Waals surface area contributed by atoms with E-state index in [1.807, 2.05) is 6.07 Å². The summed E-state index contributed by atoms with van der Waals surface area (Å²) >= 11 is 1.36. The average molecular weight is 319 g/mol. The van der Waals surface area contributed by atoms with Crippen LogP contribution in [0.15, 0.2) is 16.3 Å². The second kappa shape index (κ2) is 8.12. The van der Waals surface area contributed by atoms with Crippen molar-refractivity contribution in [2.45, 2.75) is 56.8 Å². The second-order valence-electron chi connectivity index (χ2n) is 5.29. The maximum atomic E-state index is 12.4. The molecule has 0 atom stereocenters. The van der Waals surface area contributed by atoms with Crippen LogP contribution in [0.2, 0.25) is 0 Å². The zero-order valence-corrected chi connectivity index (χ0v) is 14.5. The number of unbranched alkanes of at least 4 members (excludes halogenated alkanes) is 2. The van der Waals surface area contributed by atoms with Gasteiger partial charge in [0.1, 0.15) is 4.21 Å². The van der Waals surface area contributed by atoms with Gasteiger partial charge in [-0.15, -0.1) is 11.3 Å². The predicted octanol–water partition coefficient (Wildman–Crippen LogP) is 3.06. The molecule has 0 aliphatic rings. The Morgan fingerprint density at radius 3 is 2.60 bits per heavy atom. The van der Waals surface area contributed by atoms with Crippen LogP contribution in [0.3, 0.4) is 0 Å². The van der Waals surface area contributed by atoms with Crippen molar-refractivity contribution in [2.24, 2.45) is 0 Å². The molecule has 0 saturated heterocycles. The molecular weight excluding hydrogens is 292 g/mol. The summed E-state index contributed by atoms with van der Waals surface area (Å²) in [7, 11) is -1.65. The van der Waals surface area contributed by atoms with Gasteiger partial charge in [0.2, 0.25) is 0 Å². The second-order valence-corrected chi connectivity index (χ2v) is 8.73. The normalized spacial score (nSPS) is 12.5. The molecule has 0 spiro atoms. The summed E-state index contributed by atoms with van der Waals surface area (Å²) in [5, 5.41) is 3.30. The Morgan fingerprint density at radius 2 is 2.00 bits per heavy atom. The Bertz CT molecular complexity index is 495. The number of hydrogen-bond donors (Lipinski definition) is 1. The van der Waals surface area contributed by atoms with E-state index in [4.69, 9.17) is 0 Å². The van der Waals surface area contributed by atoms with Crippen LogP contribution in [-0.2, 0) is 16.6 Å². The van der Waals surface area contributed by atoms with Crippen molar-refractivity contribution < 1.29 is 8.42 Å². The van der Waals surface area contributed by atoms with Gasteiger partial charge in [0.05, 0.1) is 0 Å². The Hall–Kier alpha value is -0.430. The Balaban J connectivity index is 2.67. The van der Waals surface area contributed by atoms with Crippen LogP contribution in [0, 0.1) is 0 Å². The van der Waals surface area contributed by atoms with Crippen LogP contribution in [0.4, 0.5) is 0 Å². The summed E-state index contributed by atoms with van der Waals surface area (Å²) in [5.41, 5.74) is 0. The number of rotatable bonds is 9. The van der Waals surface area contributed by atoms with E-state index in [0.717, 1.165) is 30.7 Å². The van der Waals surface area contributed by atoms with Gasteiger partial charge in [0.25, 0.3) is 10.0 Å². The van der Waals surface area contributed by atoms with Gasteiger partial charge in [-0.2, -0.15) is 0 Å². The lowest BCUT2D eigenvalue weighted by Crippen LogP contribution is -2.27. The SMILES string of the molecule is CCCCCN(C)S(=O)(=O)c1ccc(CNC(C)C)s1. The molecule has 1 heterocycles. The van der Waals surface area contributed by atoms with Gasteiger partial charge in [-0.25, -0.2) is 12.7 Å². The van der Waals surface area contributed by atoms with Gasteiger partial charge in [-0.3, -0.25) is 0 Å². The first-order valence-electron chi connectivity index (χ1n) is 7.16. The van der Waals surface area contributed by atoms with Crippen LogP contribution in [0.25, 0.3) is 0 Å². The van der Waals surface area contributed by atoms with Crippen molar-refractivity contribution in [1.29, 1.82) is 0 Å². The van der Waals surface area contributed by atoms with E-state index in [1.54, 1.807) is 13.1 Å². The minimum atomic E-state index is -3.31. The molecule has 1 aromatic heterocycles. The number of thiophene rings is 1. The molecule has 0 unspecified atom stereocenters. The predicted molar refractivity (Wildman–Crippen MR) is 85.6 cm³/mol. The minimum Gasteiger partial charge on any atom is -0.310 e. The van der Waals surface area contributed by atoms with Gasteiger partial charge in [-0.1, -0.05) is 33.6 Å². The van der Waals surface area contributed by atoms with Gasteiger partial charge in [0.15, 0.2) is 0 Å². The molecule has 0 fully saturated rings. The summed E-state index contributed by atoms with van der Waals surface area (Å²) in [6.07, 6.45) is 3.07. The van der Waals surface area contributed by atoms with Crippen molar-refractivity contribution in [3.05, 3.63) is 17.0 Å². The molecule has 0 bridgehead atoms. The fourth-order valence-corrected chi connectivity index (χ4v) is 4.48. The van der Waals surface area contributed by atoms with Crippen molar-refractivity contribution in [1.82, 2.24) is 9.62 Å². The molecule has 116 valence electrons. The third-order valence-corrected chi connectivity index (χ3v) is 6.47. The summed E-state index contributed by atoms with van der Waals surface area (Å²) in [5.74, 6) is 0. The van der Waals surface area contributed by atoms with Crippen LogP contribution in [-0.4, -0.2) is 32.4 Å². The molecule has 0 radical (unpaired) electrons. The summed E-state index contributed by atoms with van der Waals surface area (Å²) < 4.78 is 26.7. The van der Waals surface area contributed by atoms with Crippen LogP contribution in [0.1, 0.15) is 44.9 Å². The maximum Gasteiger partial charge on any atom is 0.252 e.